The van der Waals surface area contributed by atoms with Crippen LogP contribution in [0, 0.1) is 0 Å². The molecule has 0 spiro atoms. The fourth-order valence-electron chi connectivity index (χ4n) is 0.694. The topological polar surface area (TPSA) is 21.3 Å². The predicted octanol–water partition coefficient (Wildman–Crippen LogP) is 1.87. The summed E-state index contributed by atoms with van der Waals surface area (Å²) >= 11 is 0. The molecule has 0 saturated carbocycles. The molecule has 0 aromatic carbocycles. The minimum Gasteiger partial charge on any atom is -0.457 e. The molecule has 0 saturated heterocycles. The lowest BCUT2D eigenvalue weighted by Gasteiger charge is -2.16. The van der Waals surface area contributed by atoms with Gasteiger partial charge in [0.2, 0.25) is 5.76 Å². The van der Waals surface area contributed by atoms with Crippen LogP contribution in [0.4, 0.5) is 13.2 Å². The Labute approximate surface area is 61.3 Å². The summed E-state index contributed by atoms with van der Waals surface area (Å²) in [5.41, 5.74) is -0.0278. The third-order valence-electron chi connectivity index (χ3n) is 1.15. The summed E-state index contributed by atoms with van der Waals surface area (Å²) < 4.78 is 40.1. The van der Waals surface area contributed by atoms with Crippen LogP contribution in [0.2, 0.25) is 0 Å². The van der Waals surface area contributed by atoms with E-state index in [2.05, 4.69) is 10.1 Å². The van der Waals surface area contributed by atoms with Crippen LogP contribution in [0.25, 0.3) is 0 Å². The zero-order valence-electron chi connectivity index (χ0n) is 5.70. The Bertz CT molecular complexity index is 216. The van der Waals surface area contributed by atoms with E-state index in [4.69, 9.17) is 0 Å². The first-order chi connectivity index (χ1) is 5.02. The van der Waals surface area contributed by atoms with Crippen molar-refractivity contribution in [2.24, 2.45) is 0 Å². The number of rotatable bonds is 0. The molecule has 1 aliphatic heterocycles. The van der Waals surface area contributed by atoms with E-state index in [1.54, 1.807) is 0 Å². The van der Waals surface area contributed by atoms with Crippen molar-refractivity contribution in [3.05, 3.63) is 23.9 Å². The van der Waals surface area contributed by atoms with Crippen LogP contribution in [-0.4, -0.2) is 6.18 Å². The van der Waals surface area contributed by atoms with Crippen molar-refractivity contribution in [1.82, 2.24) is 5.32 Å². The van der Waals surface area contributed by atoms with Gasteiger partial charge in [0.15, 0.2) is 0 Å². The van der Waals surface area contributed by atoms with Gasteiger partial charge in [-0.1, -0.05) is 0 Å². The van der Waals surface area contributed by atoms with Crippen molar-refractivity contribution in [2.45, 2.75) is 13.1 Å². The average molecular weight is 165 g/mol. The molecule has 2 nitrogen and oxygen atoms in total. The van der Waals surface area contributed by atoms with E-state index in [-0.39, 0.29) is 5.70 Å². The lowest BCUT2D eigenvalue weighted by atomic mass is 10.3. The van der Waals surface area contributed by atoms with Gasteiger partial charge >= 0.3 is 6.18 Å². The van der Waals surface area contributed by atoms with E-state index in [1.807, 2.05) is 0 Å². The Morgan fingerprint density at radius 2 is 2.09 bits per heavy atom. The normalized spacial score (nSPS) is 17.8. The van der Waals surface area contributed by atoms with Gasteiger partial charge in [-0.25, -0.2) is 0 Å². The fourth-order valence-corrected chi connectivity index (χ4v) is 0.694. The smallest absolute Gasteiger partial charge is 0.451 e. The van der Waals surface area contributed by atoms with Gasteiger partial charge in [-0.15, -0.1) is 0 Å². The first-order valence-electron chi connectivity index (χ1n) is 2.88. The van der Waals surface area contributed by atoms with Crippen molar-refractivity contribution in [2.75, 3.05) is 0 Å². The maximum absolute atomic E-state index is 11.9. The molecule has 1 aliphatic rings. The van der Waals surface area contributed by atoms with Crippen molar-refractivity contribution in [3.8, 4) is 0 Å². The minimum absolute atomic E-state index is 0.0278. The molecule has 5 heteroatoms. The van der Waals surface area contributed by atoms with E-state index in [0.29, 0.717) is 0 Å². The first-order valence-corrected chi connectivity index (χ1v) is 2.88. The van der Waals surface area contributed by atoms with Gasteiger partial charge in [0.1, 0.15) is 6.26 Å². The summed E-state index contributed by atoms with van der Waals surface area (Å²) in [5.74, 6) is -0.986. The highest BCUT2D eigenvalue weighted by Gasteiger charge is 2.38. The molecule has 1 heterocycles. The third-order valence-corrected chi connectivity index (χ3v) is 1.15. The van der Waals surface area contributed by atoms with Crippen LogP contribution in [0.5, 0.6) is 0 Å². The number of allylic oxidation sites excluding steroid dienone is 2. The number of nitrogens with one attached hydrogen (secondary N) is 1. The lowest BCUT2D eigenvalue weighted by molar-refractivity contribution is -0.124. The predicted molar refractivity (Wildman–Crippen MR) is 32.1 cm³/mol. The molecule has 0 aromatic heterocycles. The maximum atomic E-state index is 11.9. The summed E-state index contributed by atoms with van der Waals surface area (Å²) in [6, 6.07) is 0. The molecule has 0 aromatic rings. The Balaban J connectivity index is 2.85. The summed E-state index contributed by atoms with van der Waals surface area (Å²) in [6.07, 6.45) is -2.16. The Kier molecular flexibility index (Phi) is 1.80. The van der Waals surface area contributed by atoms with Crippen molar-refractivity contribution in [3.63, 3.8) is 0 Å². The van der Waals surface area contributed by atoms with Crippen LogP contribution >= 0.6 is 0 Å². The van der Waals surface area contributed by atoms with Gasteiger partial charge in [-0.05, 0) is 6.92 Å². The number of hydrogen-bond acceptors (Lipinski definition) is 2. The quantitative estimate of drug-likeness (QED) is 0.591. The Hall–Kier alpha value is -1.13. The highest BCUT2D eigenvalue weighted by atomic mass is 19.4. The number of ether oxygens (including phenoxy) is 1. The van der Waals surface area contributed by atoms with E-state index in [9.17, 15) is 13.2 Å². The monoisotopic (exact) mass is 165 g/mol. The van der Waals surface area contributed by atoms with Crippen LogP contribution in [0.15, 0.2) is 23.9 Å². The molecule has 1 N–H and O–H groups in total. The SMILES string of the molecule is CC1=C(C(F)(F)F)OC=CN1. The lowest BCUT2D eigenvalue weighted by Crippen LogP contribution is -2.22. The second-order valence-corrected chi connectivity index (χ2v) is 2.02. The van der Waals surface area contributed by atoms with Gasteiger partial charge in [0, 0.05) is 6.20 Å². The number of alkyl halides is 3. The fraction of sp³-hybridized carbons (Fsp3) is 0.333. The second kappa shape index (κ2) is 2.48. The molecule has 0 atom stereocenters. The molecule has 0 fully saturated rings. The van der Waals surface area contributed by atoms with Gasteiger partial charge in [-0.2, -0.15) is 13.2 Å². The van der Waals surface area contributed by atoms with Crippen molar-refractivity contribution >= 4 is 0 Å². The standard InChI is InChI=1S/C6H6F3NO/c1-4-5(6(7,8)9)11-3-2-10-4/h2-3,10H,1H3. The first kappa shape index (κ1) is 7.97. The van der Waals surface area contributed by atoms with Crippen molar-refractivity contribution < 1.29 is 17.9 Å². The van der Waals surface area contributed by atoms with Crippen LogP contribution < -0.4 is 5.32 Å². The van der Waals surface area contributed by atoms with E-state index in [1.165, 1.54) is 13.1 Å². The summed E-state index contributed by atoms with van der Waals surface area (Å²) in [5, 5.41) is 2.39. The zero-order chi connectivity index (χ0) is 8.48. The van der Waals surface area contributed by atoms with Gasteiger partial charge in [0.05, 0.1) is 5.70 Å². The van der Waals surface area contributed by atoms with Gasteiger partial charge < -0.3 is 10.1 Å². The Morgan fingerprint density at radius 1 is 1.45 bits per heavy atom. The highest BCUT2D eigenvalue weighted by molar-refractivity contribution is 5.15. The molecule has 1 rings (SSSR count). The molecule has 0 aliphatic carbocycles. The highest BCUT2D eigenvalue weighted by Crippen LogP contribution is 2.29. The van der Waals surface area contributed by atoms with Gasteiger partial charge in [-0.3, -0.25) is 0 Å². The molecule has 0 amide bonds. The number of halogens is 3. The molecular formula is C6H6F3NO. The maximum Gasteiger partial charge on any atom is 0.451 e. The summed E-state index contributed by atoms with van der Waals surface area (Å²) in [6.45, 7) is 1.30. The average Bonchev–Trinajstić information content (AvgIpc) is 1.86. The number of hydrogen-bond donors (Lipinski definition) is 1. The zero-order valence-corrected chi connectivity index (χ0v) is 5.70. The largest absolute Gasteiger partial charge is 0.457 e. The second-order valence-electron chi connectivity index (χ2n) is 2.02. The van der Waals surface area contributed by atoms with E-state index in [0.717, 1.165) is 6.26 Å². The van der Waals surface area contributed by atoms with Crippen LogP contribution in [0.1, 0.15) is 6.92 Å². The van der Waals surface area contributed by atoms with Crippen molar-refractivity contribution in [1.29, 1.82) is 0 Å². The van der Waals surface area contributed by atoms with E-state index >= 15 is 0 Å². The third kappa shape index (κ3) is 1.66. The van der Waals surface area contributed by atoms with Crippen LogP contribution in [0.3, 0.4) is 0 Å². The van der Waals surface area contributed by atoms with Gasteiger partial charge in [0.25, 0.3) is 0 Å². The van der Waals surface area contributed by atoms with Crippen LogP contribution in [-0.2, 0) is 4.74 Å². The summed E-state index contributed by atoms with van der Waals surface area (Å²) in [7, 11) is 0. The Morgan fingerprint density at radius 3 is 2.45 bits per heavy atom. The molecule has 0 unspecified atom stereocenters. The molecule has 11 heavy (non-hydrogen) atoms. The molecule has 0 bridgehead atoms. The molecule has 0 radical (unpaired) electrons. The minimum atomic E-state index is -4.41. The molecule has 62 valence electrons. The van der Waals surface area contributed by atoms with E-state index < -0.39 is 11.9 Å². The molecular weight excluding hydrogens is 159 g/mol. The summed E-state index contributed by atoms with van der Waals surface area (Å²) in [4.78, 5) is 0.